The number of hydrogen-bond acceptors (Lipinski definition) is 4. The van der Waals surface area contributed by atoms with Crippen LogP contribution in [0.25, 0.3) is 11.0 Å². The van der Waals surface area contributed by atoms with Crippen LogP contribution in [0.15, 0.2) is 45.5 Å². The Balaban J connectivity index is 1.93. The van der Waals surface area contributed by atoms with Gasteiger partial charge in [-0.05, 0) is 34.5 Å². The molecule has 3 aromatic rings. The lowest BCUT2D eigenvalue weighted by Gasteiger charge is -2.22. The van der Waals surface area contributed by atoms with Crippen LogP contribution in [0.4, 0.5) is 13.2 Å². The Morgan fingerprint density at radius 3 is 2.76 bits per heavy atom. The number of thiophene rings is 1. The van der Waals surface area contributed by atoms with Gasteiger partial charge in [0.25, 0.3) is 5.91 Å². The highest BCUT2D eigenvalue weighted by atomic mass is 32.1. The molecule has 0 aliphatic heterocycles. The van der Waals surface area contributed by atoms with Crippen molar-refractivity contribution in [2.24, 2.45) is 0 Å². The number of halogens is 3. The van der Waals surface area contributed by atoms with Gasteiger partial charge in [0, 0.05) is 11.9 Å². The van der Waals surface area contributed by atoms with Crippen molar-refractivity contribution in [1.29, 1.82) is 0 Å². The van der Waals surface area contributed by atoms with Crippen molar-refractivity contribution in [3.8, 4) is 5.75 Å². The molecule has 1 aromatic carbocycles. The van der Waals surface area contributed by atoms with Gasteiger partial charge in [-0.1, -0.05) is 12.1 Å². The molecule has 132 valence electrons. The Bertz CT molecular complexity index is 871. The molecule has 0 saturated carbocycles. The predicted molar refractivity (Wildman–Crippen MR) is 87.9 cm³/mol. The number of alkyl halides is 3. The summed E-state index contributed by atoms with van der Waals surface area (Å²) in [7, 11) is 1.45. The Kier molecular flexibility index (Phi) is 4.71. The number of furan rings is 1. The normalized spacial score (nSPS) is 11.7. The first kappa shape index (κ1) is 17.3. The van der Waals surface area contributed by atoms with Gasteiger partial charge in [-0.2, -0.15) is 24.5 Å². The van der Waals surface area contributed by atoms with Gasteiger partial charge >= 0.3 is 6.18 Å². The zero-order valence-electron chi connectivity index (χ0n) is 13.2. The summed E-state index contributed by atoms with van der Waals surface area (Å²) in [6, 6.07) is 8.17. The van der Waals surface area contributed by atoms with E-state index in [-0.39, 0.29) is 12.3 Å². The average molecular weight is 369 g/mol. The molecular formula is C17H14F3NO3S. The molecule has 2 heterocycles. The molecule has 0 bridgehead atoms. The number of rotatable bonds is 5. The van der Waals surface area contributed by atoms with Gasteiger partial charge in [-0.25, -0.2) is 0 Å². The molecule has 8 heteroatoms. The highest BCUT2D eigenvalue weighted by molar-refractivity contribution is 7.07. The minimum absolute atomic E-state index is 0.143. The number of hydrogen-bond donors (Lipinski definition) is 0. The van der Waals surface area contributed by atoms with Gasteiger partial charge in [-0.3, -0.25) is 4.79 Å². The maximum absolute atomic E-state index is 12.9. The van der Waals surface area contributed by atoms with Crippen LogP contribution in [0, 0.1) is 0 Å². The standard InChI is InChI=1S/C17H14F3NO3S/c1-23-13-4-2-3-12-7-14(24-15(12)13)16(22)21(10-17(18,19)20)8-11-5-6-25-9-11/h2-7,9H,8,10H2,1H3. The van der Waals surface area contributed by atoms with Crippen molar-refractivity contribution in [2.75, 3.05) is 13.7 Å². The van der Waals surface area contributed by atoms with Crippen molar-refractivity contribution >= 4 is 28.2 Å². The zero-order valence-corrected chi connectivity index (χ0v) is 14.0. The second-order valence-electron chi connectivity index (χ2n) is 5.40. The first-order chi connectivity index (χ1) is 11.9. The third-order valence-corrected chi connectivity index (χ3v) is 4.28. The summed E-state index contributed by atoms with van der Waals surface area (Å²) in [4.78, 5) is 13.3. The highest BCUT2D eigenvalue weighted by Gasteiger charge is 2.34. The van der Waals surface area contributed by atoms with Gasteiger partial charge in [0.1, 0.15) is 6.54 Å². The fourth-order valence-electron chi connectivity index (χ4n) is 2.48. The molecular weight excluding hydrogens is 355 g/mol. The molecule has 4 nitrogen and oxygen atoms in total. The summed E-state index contributed by atoms with van der Waals surface area (Å²) in [5.41, 5.74) is 0.965. The summed E-state index contributed by atoms with van der Waals surface area (Å²) in [6.45, 7) is -1.49. The Labute approximate surface area is 145 Å². The molecule has 2 aromatic heterocycles. The number of benzene rings is 1. The lowest BCUT2D eigenvalue weighted by atomic mass is 10.2. The van der Waals surface area contributed by atoms with Crippen molar-refractivity contribution < 1.29 is 27.1 Å². The molecule has 0 N–H and O–H groups in total. The summed E-state index contributed by atoms with van der Waals surface area (Å²) in [6.07, 6.45) is -4.50. The molecule has 0 spiro atoms. The second kappa shape index (κ2) is 6.79. The fraction of sp³-hybridized carbons (Fsp3) is 0.235. The SMILES string of the molecule is COc1cccc2cc(C(=O)N(Cc3ccsc3)CC(F)(F)F)oc12. The van der Waals surface area contributed by atoms with Gasteiger partial charge < -0.3 is 14.1 Å². The van der Waals surface area contributed by atoms with Gasteiger partial charge in [0.05, 0.1) is 7.11 Å². The third-order valence-electron chi connectivity index (χ3n) is 3.55. The van der Waals surface area contributed by atoms with Crippen LogP contribution in [0.1, 0.15) is 16.1 Å². The van der Waals surface area contributed by atoms with Crippen LogP contribution in [0.3, 0.4) is 0 Å². The molecule has 3 rings (SSSR count). The van der Waals surface area contributed by atoms with Crippen LogP contribution < -0.4 is 4.74 Å². The Hall–Kier alpha value is -2.48. The molecule has 0 atom stereocenters. The molecule has 0 aliphatic rings. The molecule has 25 heavy (non-hydrogen) atoms. The maximum atomic E-state index is 12.9. The van der Waals surface area contributed by atoms with E-state index in [0.29, 0.717) is 22.3 Å². The number of amides is 1. The smallest absolute Gasteiger partial charge is 0.406 e. The van der Waals surface area contributed by atoms with Crippen LogP contribution in [0.5, 0.6) is 5.75 Å². The average Bonchev–Trinajstić information content (AvgIpc) is 3.20. The molecule has 1 amide bonds. The van der Waals surface area contributed by atoms with Crippen molar-refractivity contribution in [1.82, 2.24) is 4.90 Å². The van der Waals surface area contributed by atoms with Crippen LogP contribution >= 0.6 is 11.3 Å². The van der Waals surface area contributed by atoms with E-state index in [1.165, 1.54) is 24.5 Å². The van der Waals surface area contributed by atoms with E-state index in [9.17, 15) is 18.0 Å². The van der Waals surface area contributed by atoms with E-state index >= 15 is 0 Å². The highest BCUT2D eigenvalue weighted by Crippen LogP contribution is 2.30. The van der Waals surface area contributed by atoms with Crippen molar-refractivity contribution in [3.05, 3.63) is 52.4 Å². The number of ether oxygens (including phenoxy) is 1. The largest absolute Gasteiger partial charge is 0.493 e. The molecule has 0 saturated heterocycles. The van der Waals surface area contributed by atoms with E-state index < -0.39 is 18.6 Å². The van der Waals surface area contributed by atoms with E-state index in [2.05, 4.69) is 0 Å². The maximum Gasteiger partial charge on any atom is 0.406 e. The number of nitrogens with zero attached hydrogens (tertiary/aromatic N) is 1. The Morgan fingerprint density at radius 2 is 2.12 bits per heavy atom. The summed E-state index contributed by atoms with van der Waals surface area (Å²) >= 11 is 1.36. The summed E-state index contributed by atoms with van der Waals surface area (Å²) < 4.78 is 49.3. The van der Waals surface area contributed by atoms with Crippen LogP contribution in [-0.4, -0.2) is 30.6 Å². The monoisotopic (exact) mass is 369 g/mol. The van der Waals surface area contributed by atoms with Crippen molar-refractivity contribution in [2.45, 2.75) is 12.7 Å². The van der Waals surface area contributed by atoms with E-state index in [4.69, 9.17) is 9.15 Å². The minimum Gasteiger partial charge on any atom is -0.493 e. The molecule has 0 radical (unpaired) electrons. The Morgan fingerprint density at radius 1 is 1.32 bits per heavy atom. The number of carbonyl (C=O) groups excluding carboxylic acids is 1. The second-order valence-corrected chi connectivity index (χ2v) is 6.18. The zero-order chi connectivity index (χ0) is 18.0. The van der Waals surface area contributed by atoms with Gasteiger partial charge in [0.2, 0.25) is 0 Å². The number of para-hydroxylation sites is 1. The van der Waals surface area contributed by atoms with E-state index in [0.717, 1.165) is 4.90 Å². The molecule has 0 aliphatic carbocycles. The van der Waals surface area contributed by atoms with Crippen molar-refractivity contribution in [3.63, 3.8) is 0 Å². The van der Waals surface area contributed by atoms with Crippen LogP contribution in [-0.2, 0) is 6.54 Å². The lowest BCUT2D eigenvalue weighted by Crippen LogP contribution is -2.38. The topological polar surface area (TPSA) is 42.7 Å². The third kappa shape index (κ3) is 3.96. The van der Waals surface area contributed by atoms with E-state index in [1.807, 2.05) is 0 Å². The number of carbonyl (C=O) groups is 1. The van der Waals surface area contributed by atoms with Crippen LogP contribution in [0.2, 0.25) is 0 Å². The first-order valence-electron chi connectivity index (χ1n) is 7.31. The molecule has 0 fully saturated rings. The predicted octanol–water partition coefficient (Wildman–Crippen LogP) is 4.71. The quantitative estimate of drug-likeness (QED) is 0.654. The first-order valence-corrected chi connectivity index (χ1v) is 8.25. The number of fused-ring (bicyclic) bond motifs is 1. The molecule has 0 unspecified atom stereocenters. The summed E-state index contributed by atoms with van der Waals surface area (Å²) in [5, 5.41) is 4.04. The van der Waals surface area contributed by atoms with E-state index in [1.54, 1.807) is 35.0 Å². The fourth-order valence-corrected chi connectivity index (χ4v) is 3.14. The lowest BCUT2D eigenvalue weighted by molar-refractivity contribution is -0.141. The summed E-state index contributed by atoms with van der Waals surface area (Å²) in [5.74, 6) is -0.558. The minimum atomic E-state index is -4.50. The van der Waals surface area contributed by atoms with Gasteiger partial charge in [-0.15, -0.1) is 0 Å². The van der Waals surface area contributed by atoms with Gasteiger partial charge in [0.15, 0.2) is 17.1 Å². The number of methoxy groups -OCH3 is 1.